The first-order valence-electron chi connectivity index (χ1n) is 7.84. The number of aliphatic hydroxyl groups is 1. The van der Waals surface area contributed by atoms with E-state index in [0.29, 0.717) is 31.5 Å². The number of carbonyl (C=O) groups is 2. The standard InChI is InChI=1S/C17H23N3O3/c1-12(10-16(22)20-8-6-15(21)7-9-20)17(23)14-4-2-13(3-5-14)11-19-18/h2-5,11-12,15,21H,6-10,18H2,1H3. The summed E-state index contributed by atoms with van der Waals surface area (Å²) in [6.45, 7) is 2.90. The molecule has 1 aliphatic heterocycles. The third-order valence-corrected chi connectivity index (χ3v) is 4.16. The summed E-state index contributed by atoms with van der Waals surface area (Å²) in [7, 11) is 0. The van der Waals surface area contributed by atoms with Crippen LogP contribution in [0, 0.1) is 5.92 Å². The number of carbonyl (C=O) groups excluding carboxylic acids is 2. The van der Waals surface area contributed by atoms with E-state index < -0.39 is 0 Å². The number of nitrogens with two attached hydrogens (primary N) is 1. The molecule has 3 N–H and O–H groups in total. The van der Waals surface area contributed by atoms with Crippen molar-refractivity contribution in [1.82, 2.24) is 4.90 Å². The Hall–Kier alpha value is -2.21. The summed E-state index contributed by atoms with van der Waals surface area (Å²) in [6.07, 6.45) is 2.61. The highest BCUT2D eigenvalue weighted by Crippen LogP contribution is 2.17. The number of nitrogens with zero attached hydrogens (tertiary/aromatic N) is 2. The van der Waals surface area contributed by atoms with Crippen molar-refractivity contribution in [3.63, 3.8) is 0 Å². The maximum atomic E-state index is 12.4. The van der Waals surface area contributed by atoms with Crippen LogP contribution in [0.2, 0.25) is 0 Å². The largest absolute Gasteiger partial charge is 0.393 e. The highest BCUT2D eigenvalue weighted by Gasteiger charge is 2.25. The second-order valence-electron chi connectivity index (χ2n) is 5.98. The van der Waals surface area contributed by atoms with E-state index in [9.17, 15) is 14.7 Å². The fourth-order valence-electron chi connectivity index (χ4n) is 2.70. The van der Waals surface area contributed by atoms with E-state index in [2.05, 4.69) is 5.10 Å². The number of aliphatic hydroxyl groups excluding tert-OH is 1. The zero-order valence-electron chi connectivity index (χ0n) is 13.3. The average Bonchev–Trinajstić information content (AvgIpc) is 2.55. The van der Waals surface area contributed by atoms with E-state index in [4.69, 9.17) is 5.84 Å². The molecule has 1 amide bonds. The quantitative estimate of drug-likeness (QED) is 0.369. The maximum absolute atomic E-state index is 12.4. The SMILES string of the molecule is CC(CC(=O)N1CCC(O)CC1)C(=O)c1ccc(C=NN)cc1. The van der Waals surface area contributed by atoms with E-state index in [1.807, 2.05) is 0 Å². The third-order valence-electron chi connectivity index (χ3n) is 4.16. The van der Waals surface area contributed by atoms with Crippen LogP contribution in [-0.2, 0) is 4.79 Å². The Labute approximate surface area is 136 Å². The maximum Gasteiger partial charge on any atom is 0.223 e. The molecule has 2 rings (SSSR count). The van der Waals surface area contributed by atoms with Crippen molar-refractivity contribution in [3.8, 4) is 0 Å². The molecule has 0 bridgehead atoms. The molecule has 1 saturated heterocycles. The molecule has 1 unspecified atom stereocenters. The fourth-order valence-corrected chi connectivity index (χ4v) is 2.70. The first-order valence-corrected chi connectivity index (χ1v) is 7.84. The summed E-state index contributed by atoms with van der Waals surface area (Å²) < 4.78 is 0. The molecule has 1 aromatic rings. The molecule has 1 fully saturated rings. The van der Waals surface area contributed by atoms with Gasteiger partial charge in [-0.05, 0) is 18.4 Å². The number of benzene rings is 1. The molecule has 0 radical (unpaired) electrons. The predicted octanol–water partition coefficient (Wildman–Crippen LogP) is 1.17. The van der Waals surface area contributed by atoms with Gasteiger partial charge in [0.2, 0.25) is 5.91 Å². The van der Waals surface area contributed by atoms with Crippen molar-refractivity contribution in [2.75, 3.05) is 13.1 Å². The monoisotopic (exact) mass is 317 g/mol. The Bertz CT molecular complexity index is 575. The van der Waals surface area contributed by atoms with Crippen molar-refractivity contribution in [2.45, 2.75) is 32.3 Å². The summed E-state index contributed by atoms with van der Waals surface area (Å²) in [6, 6.07) is 6.98. The van der Waals surface area contributed by atoms with Gasteiger partial charge in [-0.2, -0.15) is 5.10 Å². The number of hydrogen-bond acceptors (Lipinski definition) is 5. The first kappa shape index (κ1) is 17.1. The van der Waals surface area contributed by atoms with Crippen LogP contribution in [0.15, 0.2) is 29.4 Å². The van der Waals surface area contributed by atoms with Gasteiger partial charge in [0, 0.05) is 31.0 Å². The Kier molecular flexibility index (Phi) is 5.87. The van der Waals surface area contributed by atoms with E-state index in [1.54, 1.807) is 36.1 Å². The predicted molar refractivity (Wildman–Crippen MR) is 88.2 cm³/mol. The number of amides is 1. The molecule has 23 heavy (non-hydrogen) atoms. The lowest BCUT2D eigenvalue weighted by Gasteiger charge is -2.30. The summed E-state index contributed by atoms with van der Waals surface area (Å²) in [5.74, 6) is 4.64. The van der Waals surface area contributed by atoms with Crippen LogP contribution in [0.25, 0.3) is 0 Å². The van der Waals surface area contributed by atoms with Gasteiger partial charge in [-0.25, -0.2) is 0 Å². The Morgan fingerprint density at radius 3 is 2.52 bits per heavy atom. The fraction of sp³-hybridized carbons (Fsp3) is 0.471. The molecule has 1 aliphatic rings. The van der Waals surface area contributed by atoms with Crippen LogP contribution >= 0.6 is 0 Å². The van der Waals surface area contributed by atoms with Gasteiger partial charge < -0.3 is 15.8 Å². The molecule has 1 heterocycles. The zero-order chi connectivity index (χ0) is 16.8. The van der Waals surface area contributed by atoms with Crippen LogP contribution in [0.3, 0.4) is 0 Å². The number of likely N-dealkylation sites (tertiary alicyclic amines) is 1. The highest BCUT2D eigenvalue weighted by molar-refractivity contribution is 6.00. The van der Waals surface area contributed by atoms with E-state index in [-0.39, 0.29) is 30.1 Å². The number of hydrogen-bond donors (Lipinski definition) is 2. The second kappa shape index (κ2) is 7.87. The smallest absolute Gasteiger partial charge is 0.223 e. The minimum absolute atomic E-state index is 0.0235. The minimum atomic E-state index is -0.372. The molecule has 124 valence electrons. The van der Waals surface area contributed by atoms with Crippen LogP contribution in [0.4, 0.5) is 0 Å². The van der Waals surface area contributed by atoms with Crippen LogP contribution in [0.1, 0.15) is 42.1 Å². The lowest BCUT2D eigenvalue weighted by Crippen LogP contribution is -2.41. The van der Waals surface area contributed by atoms with Crippen LogP contribution in [0.5, 0.6) is 0 Å². The summed E-state index contributed by atoms with van der Waals surface area (Å²) >= 11 is 0. The number of piperidine rings is 1. The Balaban J connectivity index is 1.92. The van der Waals surface area contributed by atoms with Crippen LogP contribution in [-0.4, -0.2) is 47.1 Å². The Morgan fingerprint density at radius 1 is 1.35 bits per heavy atom. The van der Waals surface area contributed by atoms with E-state index in [0.717, 1.165) is 5.56 Å². The van der Waals surface area contributed by atoms with Gasteiger partial charge in [-0.1, -0.05) is 31.2 Å². The molecule has 1 aromatic carbocycles. The van der Waals surface area contributed by atoms with Gasteiger partial charge in [0.15, 0.2) is 5.78 Å². The highest BCUT2D eigenvalue weighted by atomic mass is 16.3. The molecular formula is C17H23N3O3. The van der Waals surface area contributed by atoms with E-state index in [1.165, 1.54) is 6.21 Å². The van der Waals surface area contributed by atoms with E-state index >= 15 is 0 Å². The molecule has 0 aliphatic carbocycles. The van der Waals surface area contributed by atoms with Crippen molar-refractivity contribution >= 4 is 17.9 Å². The second-order valence-corrected chi connectivity index (χ2v) is 5.98. The van der Waals surface area contributed by atoms with Gasteiger partial charge in [0.05, 0.1) is 12.3 Å². The normalized spacial score (nSPS) is 17.4. The molecule has 1 atom stereocenters. The topological polar surface area (TPSA) is 96.0 Å². The lowest BCUT2D eigenvalue weighted by molar-refractivity contribution is -0.133. The zero-order valence-corrected chi connectivity index (χ0v) is 13.3. The molecule has 6 heteroatoms. The molecule has 6 nitrogen and oxygen atoms in total. The third kappa shape index (κ3) is 4.63. The van der Waals surface area contributed by atoms with Crippen molar-refractivity contribution in [3.05, 3.63) is 35.4 Å². The molecular weight excluding hydrogens is 294 g/mol. The summed E-state index contributed by atoms with van der Waals surface area (Å²) in [5.41, 5.74) is 1.40. The van der Waals surface area contributed by atoms with Crippen LogP contribution < -0.4 is 5.84 Å². The first-order chi connectivity index (χ1) is 11.0. The van der Waals surface area contributed by atoms with Gasteiger partial charge in [-0.3, -0.25) is 9.59 Å². The molecule has 0 saturated carbocycles. The molecule has 0 aromatic heterocycles. The summed E-state index contributed by atoms with van der Waals surface area (Å²) in [4.78, 5) is 26.4. The van der Waals surface area contributed by atoms with Crippen molar-refractivity contribution < 1.29 is 14.7 Å². The number of ketones is 1. The van der Waals surface area contributed by atoms with Gasteiger partial charge in [0.1, 0.15) is 0 Å². The minimum Gasteiger partial charge on any atom is -0.393 e. The summed E-state index contributed by atoms with van der Waals surface area (Å²) in [5, 5.41) is 12.9. The molecule has 0 spiro atoms. The van der Waals surface area contributed by atoms with Crippen molar-refractivity contribution in [2.24, 2.45) is 16.9 Å². The lowest BCUT2D eigenvalue weighted by atomic mass is 9.95. The number of hydrazone groups is 1. The number of Topliss-reactive ketones (excluding diaryl/α,β-unsaturated/α-hetero) is 1. The average molecular weight is 317 g/mol. The Morgan fingerprint density at radius 2 is 1.96 bits per heavy atom. The van der Waals surface area contributed by atoms with Gasteiger partial charge in [-0.15, -0.1) is 0 Å². The number of rotatable bonds is 5. The van der Waals surface area contributed by atoms with Gasteiger partial charge >= 0.3 is 0 Å². The van der Waals surface area contributed by atoms with Crippen molar-refractivity contribution in [1.29, 1.82) is 0 Å². The van der Waals surface area contributed by atoms with Gasteiger partial charge in [0.25, 0.3) is 0 Å².